The van der Waals surface area contributed by atoms with Crippen LogP contribution in [0.2, 0.25) is 0 Å². The van der Waals surface area contributed by atoms with Crippen LogP contribution in [0.25, 0.3) is 22.4 Å². The molecule has 1 saturated heterocycles. The molecule has 1 aliphatic heterocycles. The number of aliphatic hydroxyl groups excluding tert-OH is 1. The van der Waals surface area contributed by atoms with Crippen molar-refractivity contribution in [2.24, 2.45) is 0 Å². The van der Waals surface area contributed by atoms with Gasteiger partial charge in [-0.15, -0.1) is 5.10 Å². The van der Waals surface area contributed by atoms with Crippen LogP contribution in [0.5, 0.6) is 5.88 Å². The zero-order chi connectivity index (χ0) is 28.2. The van der Waals surface area contributed by atoms with Crippen LogP contribution in [0.15, 0.2) is 60.7 Å². The highest BCUT2D eigenvalue weighted by Gasteiger charge is 2.33. The zero-order valence-corrected chi connectivity index (χ0v) is 21.4. The topological polar surface area (TPSA) is 176 Å². The normalized spacial score (nSPS) is 14.9. The Morgan fingerprint density at radius 1 is 0.950 bits per heavy atom. The fourth-order valence-electron chi connectivity index (χ4n) is 4.23. The zero-order valence-electron chi connectivity index (χ0n) is 21.4. The van der Waals surface area contributed by atoms with E-state index in [9.17, 15) is 19.5 Å². The van der Waals surface area contributed by atoms with Gasteiger partial charge in [-0.3, -0.25) is 9.59 Å². The van der Waals surface area contributed by atoms with Crippen molar-refractivity contribution in [1.29, 1.82) is 0 Å². The minimum absolute atomic E-state index is 0.000581. The molecule has 2 aromatic heterocycles. The van der Waals surface area contributed by atoms with Gasteiger partial charge in [0.2, 0.25) is 5.91 Å². The first kappa shape index (κ1) is 26.5. The SMILES string of the molecule is C[C@@H](O)[C@H](NC(=O)c1cc(On2nnc3ccccc32)nc(-c2ccccc2)n1)C(=O)N1CCN(C(=O)O)CC1. The monoisotopic (exact) mass is 546 g/mol. The largest absolute Gasteiger partial charge is 0.465 e. The van der Waals surface area contributed by atoms with Crippen LogP contribution in [0, 0.1) is 0 Å². The number of aliphatic hydroxyl groups is 1. The van der Waals surface area contributed by atoms with Crippen LogP contribution in [0.3, 0.4) is 0 Å². The maximum absolute atomic E-state index is 13.4. The highest BCUT2D eigenvalue weighted by molar-refractivity contribution is 5.97. The van der Waals surface area contributed by atoms with Gasteiger partial charge in [0.25, 0.3) is 11.8 Å². The Bertz CT molecular complexity index is 1530. The molecule has 1 fully saturated rings. The molecule has 14 heteroatoms. The van der Waals surface area contributed by atoms with Crippen molar-refractivity contribution in [2.45, 2.75) is 19.1 Å². The van der Waals surface area contributed by atoms with Crippen molar-refractivity contribution in [1.82, 2.24) is 40.2 Å². The molecule has 2 atom stereocenters. The van der Waals surface area contributed by atoms with E-state index in [-0.39, 0.29) is 43.6 Å². The number of carbonyl (C=O) groups is 3. The minimum Gasteiger partial charge on any atom is -0.465 e. The quantitative estimate of drug-likeness (QED) is 0.303. The molecule has 3 amide bonds. The summed E-state index contributed by atoms with van der Waals surface area (Å²) in [6.07, 6.45) is -2.30. The van der Waals surface area contributed by atoms with E-state index in [1.165, 1.54) is 27.6 Å². The number of carbonyl (C=O) groups excluding carboxylic acids is 2. The first-order valence-electron chi connectivity index (χ1n) is 12.5. The van der Waals surface area contributed by atoms with E-state index in [2.05, 4.69) is 25.6 Å². The Morgan fingerprint density at radius 2 is 1.62 bits per heavy atom. The number of nitrogens with one attached hydrogen (secondary N) is 1. The molecule has 40 heavy (non-hydrogen) atoms. The van der Waals surface area contributed by atoms with Crippen molar-refractivity contribution < 1.29 is 29.4 Å². The average Bonchev–Trinajstić information content (AvgIpc) is 3.38. The van der Waals surface area contributed by atoms with Gasteiger partial charge in [0.1, 0.15) is 22.8 Å². The second kappa shape index (κ2) is 11.3. The number of benzene rings is 2. The molecule has 0 radical (unpaired) electrons. The number of hydrogen-bond acceptors (Lipinski definition) is 9. The van der Waals surface area contributed by atoms with Crippen LogP contribution >= 0.6 is 0 Å². The molecule has 2 aromatic carbocycles. The molecule has 1 aliphatic rings. The van der Waals surface area contributed by atoms with Crippen molar-refractivity contribution >= 4 is 28.9 Å². The molecular weight excluding hydrogens is 520 g/mol. The summed E-state index contributed by atoms with van der Waals surface area (Å²) in [6.45, 7) is 1.92. The Kier molecular flexibility index (Phi) is 7.50. The second-order valence-corrected chi connectivity index (χ2v) is 9.11. The van der Waals surface area contributed by atoms with Crippen LogP contribution in [-0.4, -0.2) is 101 Å². The number of hydrogen-bond donors (Lipinski definition) is 3. The van der Waals surface area contributed by atoms with Crippen molar-refractivity contribution in [2.75, 3.05) is 26.2 Å². The summed E-state index contributed by atoms with van der Waals surface area (Å²) in [5, 5.41) is 30.1. The van der Waals surface area contributed by atoms with E-state index in [0.29, 0.717) is 16.6 Å². The highest BCUT2D eigenvalue weighted by Crippen LogP contribution is 2.21. The molecule has 0 bridgehead atoms. The molecule has 3 heterocycles. The molecular formula is C26H26N8O6. The lowest BCUT2D eigenvalue weighted by atomic mass is 10.1. The number of nitrogens with zero attached hydrogens (tertiary/aromatic N) is 7. The maximum Gasteiger partial charge on any atom is 0.407 e. The summed E-state index contributed by atoms with van der Waals surface area (Å²) in [5.41, 5.74) is 1.68. The molecule has 0 spiro atoms. The third-order valence-corrected chi connectivity index (χ3v) is 6.37. The Labute approximate surface area is 227 Å². The number of fused-ring (bicyclic) bond motifs is 1. The van der Waals surface area contributed by atoms with Crippen LogP contribution < -0.4 is 10.2 Å². The highest BCUT2D eigenvalue weighted by atomic mass is 16.7. The first-order valence-corrected chi connectivity index (χ1v) is 12.5. The van der Waals surface area contributed by atoms with Crippen LogP contribution in [-0.2, 0) is 4.79 Å². The van der Waals surface area contributed by atoms with Crippen molar-refractivity contribution in [3.05, 3.63) is 66.4 Å². The van der Waals surface area contributed by atoms with Gasteiger partial charge in [-0.2, -0.15) is 4.98 Å². The third kappa shape index (κ3) is 5.66. The molecule has 3 N–H and O–H groups in total. The van der Waals surface area contributed by atoms with Gasteiger partial charge in [-0.1, -0.05) is 47.3 Å². The Balaban J connectivity index is 1.41. The number of para-hydroxylation sites is 1. The summed E-state index contributed by atoms with van der Waals surface area (Å²) >= 11 is 0. The molecule has 0 unspecified atom stereocenters. The molecule has 206 valence electrons. The number of carboxylic acid groups (broad SMARTS) is 1. The van der Waals surface area contributed by atoms with Gasteiger partial charge in [0, 0.05) is 37.8 Å². The molecule has 14 nitrogen and oxygen atoms in total. The summed E-state index contributed by atoms with van der Waals surface area (Å²) in [5.74, 6) is -1.08. The fraction of sp³-hybridized carbons (Fsp3) is 0.269. The number of amides is 3. The third-order valence-electron chi connectivity index (χ3n) is 6.37. The van der Waals surface area contributed by atoms with E-state index in [1.807, 2.05) is 12.1 Å². The van der Waals surface area contributed by atoms with Crippen molar-refractivity contribution in [3.63, 3.8) is 0 Å². The van der Waals surface area contributed by atoms with Gasteiger partial charge in [-0.05, 0) is 24.3 Å². The van der Waals surface area contributed by atoms with E-state index in [0.717, 1.165) is 0 Å². The van der Waals surface area contributed by atoms with Gasteiger partial charge in [0.05, 0.1) is 6.10 Å². The van der Waals surface area contributed by atoms with Gasteiger partial charge in [-0.25, -0.2) is 9.78 Å². The summed E-state index contributed by atoms with van der Waals surface area (Å²) < 4.78 is 0. The number of piperazine rings is 1. The molecule has 0 saturated carbocycles. The standard InChI is InChI=1S/C26H26N8O6/c1-16(35)22(25(37)32-11-13-33(14-12-32)26(38)39)29-24(36)19-15-21(28-23(27-19)17-7-3-2-4-8-17)40-34-20-10-6-5-9-18(20)30-31-34/h2-10,15-16,22,35H,11-14H2,1H3,(H,29,36)(H,38,39)/t16-,22+/m1/s1. The predicted molar refractivity (Wildman–Crippen MR) is 140 cm³/mol. The van der Waals surface area contributed by atoms with E-state index in [1.54, 1.807) is 42.5 Å². The number of rotatable bonds is 7. The smallest absolute Gasteiger partial charge is 0.407 e. The predicted octanol–water partition coefficient (Wildman–Crippen LogP) is 1.03. The second-order valence-electron chi connectivity index (χ2n) is 9.11. The lowest BCUT2D eigenvalue weighted by molar-refractivity contribution is -0.137. The summed E-state index contributed by atoms with van der Waals surface area (Å²) in [4.78, 5) is 56.2. The van der Waals surface area contributed by atoms with Gasteiger partial charge < -0.3 is 30.2 Å². The number of aromatic nitrogens is 5. The maximum atomic E-state index is 13.4. The van der Waals surface area contributed by atoms with Gasteiger partial charge >= 0.3 is 6.09 Å². The Morgan fingerprint density at radius 3 is 2.33 bits per heavy atom. The van der Waals surface area contributed by atoms with Crippen LogP contribution in [0.1, 0.15) is 17.4 Å². The first-order chi connectivity index (χ1) is 19.3. The fourth-order valence-corrected chi connectivity index (χ4v) is 4.23. The lowest BCUT2D eigenvalue weighted by Gasteiger charge is -2.35. The molecule has 0 aliphatic carbocycles. The van der Waals surface area contributed by atoms with Crippen LogP contribution in [0.4, 0.5) is 4.79 Å². The minimum atomic E-state index is -1.29. The van der Waals surface area contributed by atoms with Crippen molar-refractivity contribution in [3.8, 4) is 17.3 Å². The molecule has 5 rings (SSSR count). The van der Waals surface area contributed by atoms with Gasteiger partial charge in [0.15, 0.2) is 5.82 Å². The summed E-state index contributed by atoms with van der Waals surface area (Å²) in [7, 11) is 0. The lowest BCUT2D eigenvalue weighted by Crippen LogP contribution is -2.58. The Hall–Kier alpha value is -5.11. The summed E-state index contributed by atoms with van der Waals surface area (Å²) in [6, 6.07) is 16.1. The molecule has 4 aromatic rings. The van der Waals surface area contributed by atoms with E-state index < -0.39 is 30.1 Å². The van der Waals surface area contributed by atoms with E-state index >= 15 is 0 Å². The van der Waals surface area contributed by atoms with E-state index in [4.69, 9.17) is 9.94 Å². The average molecular weight is 547 g/mol.